The summed E-state index contributed by atoms with van der Waals surface area (Å²) < 4.78 is 4.99. The average Bonchev–Trinajstić information content (AvgIpc) is 2.34. The molecule has 0 amide bonds. The zero-order chi connectivity index (χ0) is 11.6. The minimum absolute atomic E-state index is 0.299. The first kappa shape index (κ1) is 12.5. The Morgan fingerprint density at radius 3 is 2.69 bits per heavy atom. The zero-order valence-corrected chi connectivity index (χ0v) is 9.69. The summed E-state index contributed by atoms with van der Waals surface area (Å²) in [5.74, 6) is -0.299. The fraction of sp³-hybridized carbons (Fsp3) is 0.357. The Labute approximate surface area is 96.9 Å². The molecule has 0 aliphatic heterocycles. The van der Waals surface area contributed by atoms with Crippen LogP contribution in [-0.2, 0) is 4.74 Å². The second kappa shape index (κ2) is 7.69. The lowest BCUT2D eigenvalue weighted by molar-refractivity contribution is 0.0662. The first-order valence-corrected chi connectivity index (χ1v) is 5.75. The van der Waals surface area contributed by atoms with Crippen LogP contribution in [0.1, 0.15) is 43.0 Å². The van der Waals surface area contributed by atoms with Crippen LogP contribution in [0.3, 0.4) is 0 Å². The van der Waals surface area contributed by atoms with E-state index in [4.69, 9.17) is 4.74 Å². The lowest BCUT2D eigenvalue weighted by Gasteiger charge is -1.98. The average molecular weight is 218 g/mol. The number of ether oxygens (including phenoxy) is 1. The van der Waals surface area contributed by atoms with E-state index in [0.29, 0.717) is 5.56 Å². The van der Waals surface area contributed by atoms with E-state index in [1.165, 1.54) is 19.1 Å². The summed E-state index contributed by atoms with van der Waals surface area (Å²) in [6, 6.07) is 9.00. The SMILES string of the molecule is CCCCCC=COC(=O)c1ccccc1. The van der Waals surface area contributed by atoms with Crippen LogP contribution in [0, 0.1) is 0 Å². The van der Waals surface area contributed by atoms with Gasteiger partial charge in [-0.05, 0) is 31.1 Å². The molecular weight excluding hydrogens is 200 g/mol. The maximum absolute atomic E-state index is 11.5. The van der Waals surface area contributed by atoms with Gasteiger partial charge in [0.25, 0.3) is 0 Å². The van der Waals surface area contributed by atoms with Gasteiger partial charge in [-0.25, -0.2) is 4.79 Å². The molecule has 1 rings (SSSR count). The summed E-state index contributed by atoms with van der Waals surface area (Å²) in [5, 5.41) is 0. The molecule has 0 bridgehead atoms. The summed E-state index contributed by atoms with van der Waals surface area (Å²) in [5.41, 5.74) is 0.584. The van der Waals surface area contributed by atoms with Crippen LogP contribution < -0.4 is 0 Å². The molecule has 0 atom stereocenters. The molecule has 2 nitrogen and oxygen atoms in total. The first-order valence-electron chi connectivity index (χ1n) is 5.75. The van der Waals surface area contributed by atoms with Crippen molar-refractivity contribution >= 4 is 5.97 Å². The third-order valence-electron chi connectivity index (χ3n) is 2.26. The number of unbranched alkanes of at least 4 members (excludes halogenated alkanes) is 3. The van der Waals surface area contributed by atoms with E-state index in [0.717, 1.165) is 12.8 Å². The minimum atomic E-state index is -0.299. The molecule has 1 aromatic rings. The third kappa shape index (κ3) is 4.78. The monoisotopic (exact) mass is 218 g/mol. The smallest absolute Gasteiger partial charge is 0.342 e. The molecule has 0 N–H and O–H groups in total. The molecular formula is C14H18O2. The predicted molar refractivity (Wildman–Crippen MR) is 65.1 cm³/mol. The van der Waals surface area contributed by atoms with Crippen LogP contribution >= 0.6 is 0 Å². The molecule has 0 spiro atoms. The Kier molecular flexibility index (Phi) is 6.00. The van der Waals surface area contributed by atoms with Crippen molar-refractivity contribution in [3.8, 4) is 0 Å². The van der Waals surface area contributed by atoms with E-state index >= 15 is 0 Å². The van der Waals surface area contributed by atoms with Crippen molar-refractivity contribution in [1.29, 1.82) is 0 Å². The maximum atomic E-state index is 11.5. The lowest BCUT2D eigenvalue weighted by atomic mass is 10.2. The minimum Gasteiger partial charge on any atom is -0.431 e. The highest BCUT2D eigenvalue weighted by molar-refractivity contribution is 5.89. The van der Waals surface area contributed by atoms with Crippen LogP contribution in [0.25, 0.3) is 0 Å². The van der Waals surface area contributed by atoms with Gasteiger partial charge in [-0.2, -0.15) is 0 Å². The number of benzene rings is 1. The molecule has 0 saturated carbocycles. The van der Waals surface area contributed by atoms with Crippen molar-refractivity contribution < 1.29 is 9.53 Å². The molecule has 0 fully saturated rings. The van der Waals surface area contributed by atoms with E-state index in [9.17, 15) is 4.79 Å². The van der Waals surface area contributed by atoms with E-state index < -0.39 is 0 Å². The van der Waals surface area contributed by atoms with Gasteiger partial charge in [-0.1, -0.05) is 38.0 Å². The van der Waals surface area contributed by atoms with Crippen LogP contribution in [0.2, 0.25) is 0 Å². The van der Waals surface area contributed by atoms with E-state index in [1.54, 1.807) is 12.1 Å². The van der Waals surface area contributed by atoms with Crippen LogP contribution in [0.5, 0.6) is 0 Å². The fourth-order valence-electron chi connectivity index (χ4n) is 1.33. The lowest BCUT2D eigenvalue weighted by Crippen LogP contribution is -1.99. The molecule has 2 heteroatoms. The molecule has 0 aliphatic rings. The van der Waals surface area contributed by atoms with Gasteiger partial charge < -0.3 is 4.74 Å². The van der Waals surface area contributed by atoms with Crippen molar-refractivity contribution in [2.75, 3.05) is 0 Å². The number of carbonyl (C=O) groups is 1. The summed E-state index contributed by atoms with van der Waals surface area (Å²) in [7, 11) is 0. The highest BCUT2D eigenvalue weighted by atomic mass is 16.5. The van der Waals surface area contributed by atoms with Crippen molar-refractivity contribution in [3.05, 3.63) is 48.2 Å². The molecule has 0 saturated heterocycles. The summed E-state index contributed by atoms with van der Waals surface area (Å²) >= 11 is 0. The summed E-state index contributed by atoms with van der Waals surface area (Å²) in [6.07, 6.45) is 7.93. The van der Waals surface area contributed by atoms with Crippen molar-refractivity contribution in [1.82, 2.24) is 0 Å². The van der Waals surface area contributed by atoms with Gasteiger partial charge in [0, 0.05) is 0 Å². The van der Waals surface area contributed by atoms with Crippen LogP contribution in [0.4, 0.5) is 0 Å². The van der Waals surface area contributed by atoms with Crippen molar-refractivity contribution in [3.63, 3.8) is 0 Å². The molecule has 86 valence electrons. The Morgan fingerprint density at radius 1 is 1.25 bits per heavy atom. The molecule has 0 aromatic heterocycles. The number of rotatable bonds is 6. The van der Waals surface area contributed by atoms with Gasteiger partial charge in [0.1, 0.15) is 0 Å². The van der Waals surface area contributed by atoms with Crippen LogP contribution in [-0.4, -0.2) is 5.97 Å². The topological polar surface area (TPSA) is 26.3 Å². The molecule has 1 aromatic carbocycles. The number of hydrogen-bond acceptors (Lipinski definition) is 2. The van der Waals surface area contributed by atoms with Gasteiger partial charge >= 0.3 is 5.97 Å². The Morgan fingerprint density at radius 2 is 2.00 bits per heavy atom. The van der Waals surface area contributed by atoms with Gasteiger partial charge in [0.2, 0.25) is 0 Å². The standard InChI is InChI=1S/C14H18O2/c1-2-3-4-5-9-12-16-14(15)13-10-7-6-8-11-13/h6-12H,2-5H2,1H3. The van der Waals surface area contributed by atoms with Crippen molar-refractivity contribution in [2.45, 2.75) is 32.6 Å². The number of esters is 1. The second-order valence-corrected chi connectivity index (χ2v) is 3.64. The highest BCUT2D eigenvalue weighted by Crippen LogP contribution is 2.03. The van der Waals surface area contributed by atoms with E-state index in [1.807, 2.05) is 24.3 Å². The predicted octanol–water partition coefficient (Wildman–Crippen LogP) is 3.94. The zero-order valence-electron chi connectivity index (χ0n) is 9.69. The third-order valence-corrected chi connectivity index (χ3v) is 2.26. The molecule has 0 radical (unpaired) electrons. The Balaban J connectivity index is 2.25. The highest BCUT2D eigenvalue weighted by Gasteiger charge is 2.02. The maximum Gasteiger partial charge on any atom is 0.342 e. The van der Waals surface area contributed by atoms with Gasteiger partial charge in [-0.3, -0.25) is 0 Å². The fourth-order valence-corrected chi connectivity index (χ4v) is 1.33. The first-order chi connectivity index (χ1) is 7.84. The second-order valence-electron chi connectivity index (χ2n) is 3.64. The molecule has 0 unspecified atom stereocenters. The Hall–Kier alpha value is -1.57. The van der Waals surface area contributed by atoms with Gasteiger partial charge in [0.05, 0.1) is 11.8 Å². The largest absolute Gasteiger partial charge is 0.431 e. The van der Waals surface area contributed by atoms with Crippen molar-refractivity contribution in [2.24, 2.45) is 0 Å². The number of allylic oxidation sites excluding steroid dienone is 1. The molecule has 0 heterocycles. The van der Waals surface area contributed by atoms with Gasteiger partial charge in [0.15, 0.2) is 0 Å². The number of carbonyl (C=O) groups excluding carboxylic acids is 1. The summed E-state index contributed by atoms with van der Waals surface area (Å²) in [4.78, 5) is 11.5. The quantitative estimate of drug-likeness (QED) is 0.410. The summed E-state index contributed by atoms with van der Waals surface area (Å²) in [6.45, 7) is 2.17. The molecule has 0 aliphatic carbocycles. The normalized spacial score (nSPS) is 10.6. The van der Waals surface area contributed by atoms with E-state index in [-0.39, 0.29) is 5.97 Å². The van der Waals surface area contributed by atoms with Crippen LogP contribution in [0.15, 0.2) is 42.7 Å². The number of hydrogen-bond donors (Lipinski definition) is 0. The Bertz CT molecular complexity index is 328. The molecule has 16 heavy (non-hydrogen) atoms. The van der Waals surface area contributed by atoms with Gasteiger partial charge in [-0.15, -0.1) is 0 Å². The van der Waals surface area contributed by atoms with E-state index in [2.05, 4.69) is 6.92 Å².